The molecular formula is C21H20O6. The summed E-state index contributed by atoms with van der Waals surface area (Å²) in [6.07, 6.45) is -0.0835. The molecule has 0 saturated heterocycles. The molecule has 2 aromatic carbocycles. The lowest BCUT2D eigenvalue weighted by molar-refractivity contribution is -0.150. The van der Waals surface area contributed by atoms with Crippen LogP contribution >= 0.6 is 0 Å². The third-order valence-electron chi connectivity index (χ3n) is 4.31. The van der Waals surface area contributed by atoms with Crippen molar-refractivity contribution in [1.29, 1.82) is 0 Å². The zero-order chi connectivity index (χ0) is 19.2. The van der Waals surface area contributed by atoms with Crippen molar-refractivity contribution < 1.29 is 24.2 Å². The number of carbonyl (C=O) groups is 1. The smallest absolute Gasteiger partial charge is 0.343 e. The van der Waals surface area contributed by atoms with Gasteiger partial charge in [-0.05, 0) is 30.5 Å². The van der Waals surface area contributed by atoms with Gasteiger partial charge in [0.25, 0.3) is 0 Å². The molecule has 1 atom stereocenters. The van der Waals surface area contributed by atoms with Gasteiger partial charge in [-0.2, -0.15) is 0 Å². The molecule has 1 aromatic heterocycles. The van der Waals surface area contributed by atoms with Gasteiger partial charge in [-0.15, -0.1) is 0 Å². The average Bonchev–Trinajstić information content (AvgIpc) is 2.67. The highest BCUT2D eigenvalue weighted by Crippen LogP contribution is 2.26. The third-order valence-corrected chi connectivity index (χ3v) is 4.31. The maximum atomic E-state index is 12.1. The number of ether oxygens (including phenoxy) is 1. The lowest BCUT2D eigenvalue weighted by Crippen LogP contribution is -2.27. The Labute approximate surface area is 155 Å². The Morgan fingerprint density at radius 3 is 2.52 bits per heavy atom. The molecule has 0 saturated carbocycles. The summed E-state index contributed by atoms with van der Waals surface area (Å²) < 4.78 is 10.7. The van der Waals surface area contributed by atoms with E-state index < -0.39 is 17.7 Å². The van der Waals surface area contributed by atoms with Crippen molar-refractivity contribution in [3.63, 3.8) is 0 Å². The number of hydrogen-bond donors (Lipinski definition) is 2. The van der Waals surface area contributed by atoms with Crippen molar-refractivity contribution in [1.82, 2.24) is 0 Å². The fourth-order valence-corrected chi connectivity index (χ4v) is 2.91. The molecule has 0 spiro atoms. The molecule has 0 aliphatic rings. The summed E-state index contributed by atoms with van der Waals surface area (Å²) in [5, 5.41) is 20.1. The molecule has 27 heavy (non-hydrogen) atoms. The molecule has 0 amide bonds. The van der Waals surface area contributed by atoms with Crippen LogP contribution in [0, 0.1) is 0 Å². The number of hydrogen-bond acceptors (Lipinski definition) is 5. The van der Waals surface area contributed by atoms with Crippen molar-refractivity contribution in [2.24, 2.45) is 0 Å². The molecule has 0 bridgehead atoms. The SMILES string of the molecule is O=C(O)C(Cc1ccccc1)OCCCc1c(O)c2ccccc2oc1=O. The number of carboxylic acids is 1. The van der Waals surface area contributed by atoms with Gasteiger partial charge in [-0.3, -0.25) is 0 Å². The normalized spacial score (nSPS) is 12.1. The molecule has 3 aromatic rings. The fraction of sp³-hybridized carbons (Fsp3) is 0.238. The molecule has 1 heterocycles. The van der Waals surface area contributed by atoms with Gasteiger partial charge in [0.15, 0.2) is 6.10 Å². The maximum Gasteiger partial charge on any atom is 0.343 e. The Morgan fingerprint density at radius 1 is 1.07 bits per heavy atom. The first-order chi connectivity index (χ1) is 13.1. The number of fused-ring (bicyclic) bond motifs is 1. The van der Waals surface area contributed by atoms with Crippen LogP contribution in [0.1, 0.15) is 17.5 Å². The van der Waals surface area contributed by atoms with Crippen LogP contribution in [0.3, 0.4) is 0 Å². The van der Waals surface area contributed by atoms with E-state index in [0.29, 0.717) is 17.4 Å². The molecule has 6 nitrogen and oxygen atoms in total. The molecule has 140 valence electrons. The number of benzene rings is 2. The highest BCUT2D eigenvalue weighted by molar-refractivity contribution is 5.83. The molecule has 6 heteroatoms. The summed E-state index contributed by atoms with van der Waals surface area (Å²) in [5.41, 5.74) is 0.782. The lowest BCUT2D eigenvalue weighted by Gasteiger charge is -2.14. The van der Waals surface area contributed by atoms with Gasteiger partial charge in [0, 0.05) is 13.0 Å². The van der Waals surface area contributed by atoms with Crippen LogP contribution < -0.4 is 5.63 Å². The Hall–Kier alpha value is -3.12. The standard InChI is InChI=1S/C21H20O6/c22-19-15-9-4-5-11-17(15)27-21(25)16(19)10-6-12-26-18(20(23)24)13-14-7-2-1-3-8-14/h1-5,7-9,11,18,22H,6,10,12-13H2,(H,23,24). The summed E-state index contributed by atoms with van der Waals surface area (Å²) in [4.78, 5) is 23.5. The summed E-state index contributed by atoms with van der Waals surface area (Å²) in [6.45, 7) is 0.148. The zero-order valence-electron chi connectivity index (χ0n) is 14.6. The molecular weight excluding hydrogens is 348 g/mol. The zero-order valence-corrected chi connectivity index (χ0v) is 14.6. The van der Waals surface area contributed by atoms with E-state index in [4.69, 9.17) is 9.15 Å². The third kappa shape index (κ3) is 4.54. The Balaban J connectivity index is 1.61. The van der Waals surface area contributed by atoms with E-state index in [2.05, 4.69) is 0 Å². The van der Waals surface area contributed by atoms with E-state index in [-0.39, 0.29) is 30.8 Å². The fourth-order valence-electron chi connectivity index (χ4n) is 2.91. The Morgan fingerprint density at radius 2 is 1.78 bits per heavy atom. The molecule has 0 fully saturated rings. The molecule has 2 N–H and O–H groups in total. The predicted molar refractivity (Wildman–Crippen MR) is 100.0 cm³/mol. The largest absolute Gasteiger partial charge is 0.507 e. The Kier molecular flexibility index (Phi) is 5.88. The quantitative estimate of drug-likeness (QED) is 0.468. The number of aromatic hydroxyl groups is 1. The van der Waals surface area contributed by atoms with Crippen LogP contribution in [0.15, 0.2) is 63.8 Å². The van der Waals surface area contributed by atoms with E-state index in [1.807, 2.05) is 30.3 Å². The van der Waals surface area contributed by atoms with E-state index in [0.717, 1.165) is 5.56 Å². The van der Waals surface area contributed by atoms with Gasteiger partial charge < -0.3 is 19.4 Å². The average molecular weight is 368 g/mol. The van der Waals surface area contributed by atoms with Crippen LogP contribution in [0.5, 0.6) is 5.75 Å². The second-order valence-corrected chi connectivity index (χ2v) is 6.20. The van der Waals surface area contributed by atoms with E-state index >= 15 is 0 Å². The highest BCUT2D eigenvalue weighted by atomic mass is 16.5. The summed E-state index contributed by atoms with van der Waals surface area (Å²) in [5.74, 6) is -1.13. The minimum atomic E-state index is -1.04. The molecule has 0 radical (unpaired) electrons. The van der Waals surface area contributed by atoms with Gasteiger partial charge in [-0.25, -0.2) is 9.59 Å². The second-order valence-electron chi connectivity index (χ2n) is 6.20. The van der Waals surface area contributed by atoms with Crippen molar-refractivity contribution in [3.05, 3.63) is 76.1 Å². The molecule has 3 rings (SSSR count). The van der Waals surface area contributed by atoms with Crippen LogP contribution in [0.25, 0.3) is 11.0 Å². The number of para-hydroxylation sites is 1. The van der Waals surface area contributed by atoms with E-state index in [1.54, 1.807) is 24.3 Å². The minimum Gasteiger partial charge on any atom is -0.507 e. The first kappa shape index (κ1) is 18.7. The van der Waals surface area contributed by atoms with Gasteiger partial charge in [-0.1, -0.05) is 42.5 Å². The van der Waals surface area contributed by atoms with Crippen LogP contribution in [-0.2, 0) is 22.4 Å². The van der Waals surface area contributed by atoms with Gasteiger partial charge in [0.05, 0.1) is 10.9 Å². The number of aliphatic carboxylic acids is 1. The lowest BCUT2D eigenvalue weighted by atomic mass is 10.1. The highest BCUT2D eigenvalue weighted by Gasteiger charge is 2.19. The second kappa shape index (κ2) is 8.51. The van der Waals surface area contributed by atoms with E-state index in [1.165, 1.54) is 0 Å². The summed E-state index contributed by atoms with van der Waals surface area (Å²) in [7, 11) is 0. The van der Waals surface area contributed by atoms with Crippen molar-refractivity contribution in [2.45, 2.75) is 25.4 Å². The number of rotatable bonds is 8. The van der Waals surface area contributed by atoms with Crippen molar-refractivity contribution >= 4 is 16.9 Å². The topological polar surface area (TPSA) is 97.0 Å². The number of carboxylic acid groups (broad SMARTS) is 1. The van der Waals surface area contributed by atoms with Crippen molar-refractivity contribution in [2.75, 3.05) is 6.61 Å². The maximum absolute atomic E-state index is 12.1. The summed E-state index contributed by atoms with van der Waals surface area (Å²) >= 11 is 0. The minimum absolute atomic E-state index is 0.0964. The van der Waals surface area contributed by atoms with Crippen LogP contribution in [0.4, 0.5) is 0 Å². The molecule has 0 aliphatic heterocycles. The van der Waals surface area contributed by atoms with Crippen LogP contribution in [-0.4, -0.2) is 28.9 Å². The molecule has 1 unspecified atom stereocenters. The first-order valence-electron chi connectivity index (χ1n) is 8.68. The molecule has 0 aliphatic carbocycles. The monoisotopic (exact) mass is 368 g/mol. The van der Waals surface area contributed by atoms with Gasteiger partial charge in [0.1, 0.15) is 11.3 Å². The van der Waals surface area contributed by atoms with Crippen molar-refractivity contribution in [3.8, 4) is 5.75 Å². The van der Waals surface area contributed by atoms with Gasteiger partial charge in [0.2, 0.25) is 0 Å². The van der Waals surface area contributed by atoms with E-state index in [9.17, 15) is 19.8 Å². The van der Waals surface area contributed by atoms with Gasteiger partial charge >= 0.3 is 11.6 Å². The predicted octanol–water partition coefficient (Wildman–Crippen LogP) is 3.14. The van der Waals surface area contributed by atoms with Crippen LogP contribution in [0.2, 0.25) is 0 Å². The first-order valence-corrected chi connectivity index (χ1v) is 8.68. The summed E-state index contributed by atoms with van der Waals surface area (Å²) in [6, 6.07) is 16.0. The Bertz CT molecular complexity index is 977.